The smallest absolute Gasteiger partial charge is 0.228 e. The van der Waals surface area contributed by atoms with Gasteiger partial charge in [-0.2, -0.15) is 0 Å². The average Bonchev–Trinajstić information content (AvgIpc) is 3.13. The van der Waals surface area contributed by atoms with Gasteiger partial charge in [-0.1, -0.05) is 26.2 Å². The van der Waals surface area contributed by atoms with Gasteiger partial charge in [0.1, 0.15) is 0 Å². The molecule has 2 unspecified atom stereocenters. The predicted octanol–water partition coefficient (Wildman–Crippen LogP) is 2.57. The third-order valence-electron chi connectivity index (χ3n) is 5.65. The molecule has 2 heterocycles. The van der Waals surface area contributed by atoms with Gasteiger partial charge in [-0.25, -0.2) is 0 Å². The van der Waals surface area contributed by atoms with Crippen LogP contribution in [-0.4, -0.2) is 46.8 Å². The van der Waals surface area contributed by atoms with Crippen LogP contribution in [0.25, 0.3) is 0 Å². The van der Waals surface area contributed by atoms with Crippen LogP contribution in [0.15, 0.2) is 0 Å². The zero-order valence-corrected chi connectivity index (χ0v) is 13.2. The minimum atomic E-state index is -0.0772. The zero-order chi connectivity index (χ0) is 14.8. The summed E-state index contributed by atoms with van der Waals surface area (Å²) in [5, 5.41) is 0. The number of amides is 2. The molecule has 3 rings (SSSR count). The maximum Gasteiger partial charge on any atom is 0.228 e. The van der Waals surface area contributed by atoms with Gasteiger partial charge >= 0.3 is 0 Å². The second kappa shape index (κ2) is 6.37. The third kappa shape index (κ3) is 2.95. The second-order valence-corrected chi connectivity index (χ2v) is 6.97. The molecular weight excluding hydrogens is 264 g/mol. The number of carbonyl (C=O) groups is 2. The maximum absolute atomic E-state index is 12.7. The number of nitrogens with zero attached hydrogens (tertiary/aromatic N) is 2. The lowest BCUT2D eigenvalue weighted by molar-refractivity contribution is -0.136. The molecule has 3 fully saturated rings. The summed E-state index contributed by atoms with van der Waals surface area (Å²) < 4.78 is 0. The van der Waals surface area contributed by atoms with Crippen molar-refractivity contribution in [1.29, 1.82) is 0 Å². The van der Waals surface area contributed by atoms with Crippen LogP contribution in [0, 0.1) is 5.92 Å². The largest absolute Gasteiger partial charge is 0.339 e. The first-order chi connectivity index (χ1) is 10.2. The zero-order valence-electron chi connectivity index (χ0n) is 13.2. The van der Waals surface area contributed by atoms with Crippen molar-refractivity contribution in [2.75, 3.05) is 13.1 Å². The second-order valence-electron chi connectivity index (χ2n) is 6.97. The SMILES string of the molecule is CCC1CCCN1C(=O)C1CC(=O)N(C2CCCCC2)C1. The Hall–Kier alpha value is -1.06. The lowest BCUT2D eigenvalue weighted by Crippen LogP contribution is -2.42. The molecule has 0 aromatic carbocycles. The van der Waals surface area contributed by atoms with Gasteiger partial charge in [0.25, 0.3) is 0 Å². The lowest BCUT2D eigenvalue weighted by Gasteiger charge is -2.32. The molecule has 0 radical (unpaired) electrons. The van der Waals surface area contributed by atoms with E-state index in [2.05, 4.69) is 11.8 Å². The summed E-state index contributed by atoms with van der Waals surface area (Å²) in [7, 11) is 0. The van der Waals surface area contributed by atoms with Gasteiger partial charge in [0.2, 0.25) is 11.8 Å². The van der Waals surface area contributed by atoms with Crippen LogP contribution in [0.2, 0.25) is 0 Å². The van der Waals surface area contributed by atoms with Gasteiger partial charge in [-0.3, -0.25) is 9.59 Å². The van der Waals surface area contributed by atoms with Crippen molar-refractivity contribution >= 4 is 11.8 Å². The van der Waals surface area contributed by atoms with Gasteiger partial charge < -0.3 is 9.80 Å². The van der Waals surface area contributed by atoms with Crippen molar-refractivity contribution < 1.29 is 9.59 Å². The molecule has 4 heteroatoms. The summed E-state index contributed by atoms with van der Waals surface area (Å²) in [5.74, 6) is 0.380. The summed E-state index contributed by atoms with van der Waals surface area (Å²) in [6.07, 6.45) is 9.77. The van der Waals surface area contributed by atoms with Crippen molar-refractivity contribution in [2.45, 2.75) is 76.8 Å². The molecule has 21 heavy (non-hydrogen) atoms. The Balaban J connectivity index is 1.62. The Kier molecular flexibility index (Phi) is 4.51. The standard InChI is InChI=1S/C17H28N2O2/c1-2-14-9-6-10-18(14)17(21)13-11-16(20)19(12-13)15-7-4-3-5-8-15/h13-15H,2-12H2,1H3. The Morgan fingerprint density at radius 3 is 2.62 bits per heavy atom. The molecule has 0 bridgehead atoms. The van der Waals surface area contributed by atoms with E-state index in [1.54, 1.807) is 0 Å². The van der Waals surface area contributed by atoms with E-state index in [1.807, 2.05) is 4.90 Å². The summed E-state index contributed by atoms with van der Waals surface area (Å²) >= 11 is 0. The predicted molar refractivity (Wildman–Crippen MR) is 81.7 cm³/mol. The van der Waals surface area contributed by atoms with Crippen molar-refractivity contribution in [3.63, 3.8) is 0 Å². The molecule has 2 saturated heterocycles. The molecule has 1 aliphatic carbocycles. The molecule has 0 aromatic heterocycles. The normalized spacial score (nSPS) is 31.2. The van der Waals surface area contributed by atoms with Gasteiger partial charge in [0.05, 0.1) is 5.92 Å². The highest BCUT2D eigenvalue weighted by Gasteiger charge is 2.41. The summed E-state index contributed by atoms with van der Waals surface area (Å²) in [5.41, 5.74) is 0. The van der Waals surface area contributed by atoms with Crippen molar-refractivity contribution in [1.82, 2.24) is 9.80 Å². The van der Waals surface area contributed by atoms with E-state index >= 15 is 0 Å². The first-order valence-corrected chi connectivity index (χ1v) is 8.80. The van der Waals surface area contributed by atoms with Crippen molar-refractivity contribution in [3.05, 3.63) is 0 Å². The fourth-order valence-corrected chi connectivity index (χ4v) is 4.43. The number of carbonyl (C=O) groups excluding carboxylic acids is 2. The average molecular weight is 292 g/mol. The number of rotatable bonds is 3. The minimum Gasteiger partial charge on any atom is -0.339 e. The Bertz CT molecular complexity index is 404. The number of hydrogen-bond acceptors (Lipinski definition) is 2. The van der Waals surface area contributed by atoms with E-state index in [0.717, 1.165) is 38.6 Å². The lowest BCUT2D eigenvalue weighted by atomic mass is 9.94. The molecule has 1 saturated carbocycles. The van der Waals surface area contributed by atoms with E-state index in [4.69, 9.17) is 0 Å². The molecule has 118 valence electrons. The van der Waals surface area contributed by atoms with Crippen molar-refractivity contribution in [2.24, 2.45) is 5.92 Å². The molecule has 0 aromatic rings. The van der Waals surface area contributed by atoms with Crippen LogP contribution in [0.4, 0.5) is 0 Å². The molecular formula is C17H28N2O2. The first-order valence-electron chi connectivity index (χ1n) is 8.80. The Morgan fingerprint density at radius 1 is 1.14 bits per heavy atom. The highest BCUT2D eigenvalue weighted by atomic mass is 16.2. The first kappa shape index (κ1) is 14.9. The maximum atomic E-state index is 12.7. The third-order valence-corrected chi connectivity index (χ3v) is 5.65. The molecule has 4 nitrogen and oxygen atoms in total. The fraction of sp³-hybridized carbons (Fsp3) is 0.882. The van der Waals surface area contributed by atoms with Crippen LogP contribution >= 0.6 is 0 Å². The number of likely N-dealkylation sites (tertiary alicyclic amines) is 2. The van der Waals surface area contributed by atoms with Gasteiger partial charge in [-0.05, 0) is 32.1 Å². The minimum absolute atomic E-state index is 0.0772. The molecule has 2 aliphatic heterocycles. The van der Waals surface area contributed by atoms with E-state index in [-0.39, 0.29) is 17.7 Å². The van der Waals surface area contributed by atoms with Crippen LogP contribution in [0.1, 0.15) is 64.7 Å². The molecule has 2 atom stereocenters. The highest BCUT2D eigenvalue weighted by molar-refractivity contribution is 5.89. The number of hydrogen-bond donors (Lipinski definition) is 0. The molecule has 2 amide bonds. The quantitative estimate of drug-likeness (QED) is 0.802. The van der Waals surface area contributed by atoms with Crippen LogP contribution in [0.3, 0.4) is 0 Å². The molecule has 3 aliphatic rings. The van der Waals surface area contributed by atoms with Crippen LogP contribution < -0.4 is 0 Å². The van der Waals surface area contributed by atoms with Crippen LogP contribution in [0.5, 0.6) is 0 Å². The van der Waals surface area contributed by atoms with E-state index in [9.17, 15) is 9.59 Å². The van der Waals surface area contributed by atoms with E-state index < -0.39 is 0 Å². The topological polar surface area (TPSA) is 40.6 Å². The van der Waals surface area contributed by atoms with Gasteiger partial charge in [-0.15, -0.1) is 0 Å². The monoisotopic (exact) mass is 292 g/mol. The van der Waals surface area contributed by atoms with E-state index in [0.29, 0.717) is 25.0 Å². The van der Waals surface area contributed by atoms with E-state index in [1.165, 1.54) is 19.3 Å². The Labute approximate surface area is 127 Å². The van der Waals surface area contributed by atoms with Crippen LogP contribution in [-0.2, 0) is 9.59 Å². The molecule has 0 N–H and O–H groups in total. The Morgan fingerprint density at radius 2 is 1.90 bits per heavy atom. The summed E-state index contributed by atoms with van der Waals surface area (Å²) in [6.45, 7) is 3.73. The fourth-order valence-electron chi connectivity index (χ4n) is 4.43. The highest BCUT2D eigenvalue weighted by Crippen LogP contribution is 2.31. The van der Waals surface area contributed by atoms with Gasteiger partial charge in [0, 0.05) is 31.6 Å². The summed E-state index contributed by atoms with van der Waals surface area (Å²) in [4.78, 5) is 29.1. The van der Waals surface area contributed by atoms with Crippen molar-refractivity contribution in [3.8, 4) is 0 Å². The van der Waals surface area contributed by atoms with Gasteiger partial charge in [0.15, 0.2) is 0 Å². The molecule has 0 spiro atoms. The summed E-state index contributed by atoms with van der Waals surface area (Å²) in [6, 6.07) is 0.820.